The van der Waals surface area contributed by atoms with Crippen molar-refractivity contribution in [2.24, 2.45) is 0 Å². The van der Waals surface area contributed by atoms with Crippen LogP contribution in [0.3, 0.4) is 0 Å². The van der Waals surface area contributed by atoms with Gasteiger partial charge < -0.3 is 0 Å². The van der Waals surface area contributed by atoms with Crippen molar-refractivity contribution in [3.05, 3.63) is 10.7 Å². The topological polar surface area (TPSA) is 23.8 Å². The van der Waals surface area contributed by atoms with Crippen LogP contribution in [0.1, 0.15) is 0 Å². The van der Waals surface area contributed by atoms with Crippen molar-refractivity contribution in [3.63, 3.8) is 0 Å². The third-order valence-electron chi connectivity index (χ3n) is 0.798. The second-order valence-electron chi connectivity index (χ2n) is 2.04. The van der Waals surface area contributed by atoms with Crippen LogP contribution in [-0.2, 0) is 0 Å². The number of nitriles is 1. The second-order valence-corrected chi connectivity index (χ2v) is 13.7. The van der Waals surface area contributed by atoms with E-state index in [1.54, 1.807) is 0 Å². The van der Waals surface area contributed by atoms with E-state index in [1.807, 2.05) is 14.0 Å². The molecule has 0 heterocycles. The first-order chi connectivity index (χ1) is 3.12. The molecule has 38 valence electrons. The molecule has 0 aromatic carbocycles. The maximum absolute atomic E-state index is 8.37. The summed E-state index contributed by atoms with van der Waals surface area (Å²) in [5.74, 6) is 0. The quantitative estimate of drug-likeness (QED) is 0.590. The number of hydrogen-bond donors (Lipinski definition) is 0. The summed E-state index contributed by atoms with van der Waals surface area (Å²) in [6.45, 7) is 3.57. The van der Waals surface area contributed by atoms with Gasteiger partial charge in [-0.1, -0.05) is 0 Å². The first kappa shape index (κ1) is 7.03. The fraction of sp³-hybridized carbons (Fsp3) is 0.400. The Balaban J connectivity index is 3.91. The summed E-state index contributed by atoms with van der Waals surface area (Å²) in [5.41, 5.74) is 0. The van der Waals surface area contributed by atoms with E-state index in [-0.39, 0.29) is 0 Å². The van der Waals surface area contributed by atoms with Crippen LogP contribution < -0.4 is 0 Å². The van der Waals surface area contributed by atoms with Crippen LogP contribution >= 0.6 is 0 Å². The molecule has 0 unspecified atom stereocenters. The Hall–Kier alpha value is 0.0287. The van der Waals surface area contributed by atoms with Crippen molar-refractivity contribution in [1.82, 2.24) is 0 Å². The molecule has 0 saturated carbocycles. The molecular weight excluding hydrogens is 193 g/mol. The van der Waals surface area contributed by atoms with Gasteiger partial charge in [0.25, 0.3) is 0 Å². The van der Waals surface area contributed by atoms with E-state index in [0.29, 0.717) is 0 Å². The predicted octanol–water partition coefficient (Wildman–Crippen LogP) is 1.48. The fourth-order valence-electron chi connectivity index (χ4n) is 0.0456. The molecule has 0 amide bonds. The summed E-state index contributed by atoms with van der Waals surface area (Å²) in [4.78, 5) is 4.06. The summed E-state index contributed by atoms with van der Waals surface area (Å²) >= 11 is -2.21. The minimum absolute atomic E-state index is 1.84. The molecule has 0 aliphatic carbocycles. The Labute approximate surface area is 48.5 Å². The predicted molar refractivity (Wildman–Crippen MR) is 33.3 cm³/mol. The summed E-state index contributed by atoms with van der Waals surface area (Å²) in [5, 5.41) is 8.37. The second kappa shape index (κ2) is 2.37. The summed E-state index contributed by atoms with van der Waals surface area (Å²) in [7, 11) is 0. The fourth-order valence-corrected chi connectivity index (χ4v) is 0.306. The van der Waals surface area contributed by atoms with Crippen molar-refractivity contribution < 1.29 is 0 Å². The van der Waals surface area contributed by atoms with Gasteiger partial charge in [0.15, 0.2) is 0 Å². The maximum atomic E-state index is 8.37. The Kier molecular flexibility index (Phi) is 2.37. The molecule has 0 aliphatic heterocycles. The first-order valence-corrected chi connectivity index (χ1v) is 11.0. The van der Waals surface area contributed by atoms with E-state index in [0.717, 1.165) is 0 Å². The normalized spacial score (nSPS) is 9.86. The van der Waals surface area contributed by atoms with Gasteiger partial charge in [0.1, 0.15) is 0 Å². The van der Waals surface area contributed by atoms with E-state index in [9.17, 15) is 0 Å². The van der Waals surface area contributed by atoms with Gasteiger partial charge in [-0.2, -0.15) is 0 Å². The molecule has 2 heteroatoms. The molecule has 0 atom stereocenters. The van der Waals surface area contributed by atoms with Gasteiger partial charge in [-0.05, 0) is 0 Å². The van der Waals surface area contributed by atoms with Crippen LogP contribution in [0.5, 0.6) is 0 Å². The van der Waals surface area contributed by atoms with E-state index >= 15 is 0 Å². The van der Waals surface area contributed by atoms with Gasteiger partial charge in [0.05, 0.1) is 0 Å². The molecule has 0 radical (unpaired) electrons. The van der Waals surface area contributed by atoms with Gasteiger partial charge in [0, 0.05) is 0 Å². The van der Waals surface area contributed by atoms with Gasteiger partial charge >= 0.3 is 48.3 Å². The Morgan fingerprint density at radius 1 is 1.71 bits per heavy atom. The molecule has 0 bridgehead atoms. The Bertz CT molecular complexity index is 110. The van der Waals surface area contributed by atoms with Gasteiger partial charge in [-0.15, -0.1) is 0 Å². The standard InChI is InChI=1S/C2H3.CN.2CH3.Sn/c2*1-2;;;/h1H,2H2;;2*1H3;. The van der Waals surface area contributed by atoms with Crippen LogP contribution in [0.4, 0.5) is 0 Å². The molecule has 0 aromatic heterocycles. The molecule has 0 fully saturated rings. The summed E-state index contributed by atoms with van der Waals surface area (Å²) in [6.07, 6.45) is 0. The number of hydrogen-bond acceptors (Lipinski definition) is 1. The Morgan fingerprint density at radius 3 is 2.14 bits per heavy atom. The molecule has 0 spiro atoms. The minimum atomic E-state index is -2.21. The van der Waals surface area contributed by atoms with E-state index in [4.69, 9.17) is 5.26 Å². The van der Waals surface area contributed by atoms with Crippen molar-refractivity contribution in [2.45, 2.75) is 9.88 Å². The van der Waals surface area contributed by atoms with Crippen LogP contribution in [0, 0.1) is 9.35 Å². The molecule has 0 saturated heterocycles. The zero-order valence-electron chi connectivity index (χ0n) is 4.73. The van der Waals surface area contributed by atoms with Crippen LogP contribution in [-0.4, -0.2) is 18.4 Å². The first-order valence-electron chi connectivity index (χ1n) is 2.17. The van der Waals surface area contributed by atoms with Crippen molar-refractivity contribution in [1.29, 1.82) is 5.26 Å². The summed E-state index contributed by atoms with van der Waals surface area (Å²) in [6, 6.07) is 0. The SMILES string of the molecule is C=[CH][Sn]([CH3])([CH3])[C]#N. The van der Waals surface area contributed by atoms with Gasteiger partial charge in [0.2, 0.25) is 0 Å². The molecule has 1 nitrogen and oxygen atoms in total. The Morgan fingerprint density at radius 2 is 2.14 bits per heavy atom. The van der Waals surface area contributed by atoms with Crippen molar-refractivity contribution in [2.75, 3.05) is 0 Å². The van der Waals surface area contributed by atoms with Crippen LogP contribution in [0.25, 0.3) is 0 Å². The van der Waals surface area contributed by atoms with Crippen molar-refractivity contribution in [3.8, 4) is 4.09 Å². The zero-order valence-corrected chi connectivity index (χ0v) is 7.59. The monoisotopic (exact) mass is 203 g/mol. The van der Waals surface area contributed by atoms with E-state index in [2.05, 4.69) is 10.7 Å². The third-order valence-corrected chi connectivity index (χ3v) is 5.36. The zero-order chi connectivity index (χ0) is 5.91. The average molecular weight is 202 g/mol. The molecule has 0 rings (SSSR count). The van der Waals surface area contributed by atoms with Gasteiger partial charge in [-0.3, -0.25) is 0 Å². The molecule has 0 N–H and O–H groups in total. The molecule has 7 heavy (non-hydrogen) atoms. The molecule has 0 aliphatic rings. The average Bonchev–Trinajstić information content (AvgIpc) is 1.68. The molecule has 0 aromatic rings. The van der Waals surface area contributed by atoms with Crippen LogP contribution in [0.2, 0.25) is 9.88 Å². The van der Waals surface area contributed by atoms with Crippen molar-refractivity contribution >= 4 is 18.4 Å². The summed E-state index contributed by atoms with van der Waals surface area (Å²) < 4.78 is 4.12. The molecular formula is C5H9NSn. The number of nitrogens with zero attached hydrogens (tertiary/aromatic N) is 1. The van der Waals surface area contributed by atoms with Gasteiger partial charge in [-0.25, -0.2) is 0 Å². The van der Waals surface area contributed by atoms with E-state index < -0.39 is 18.4 Å². The number of rotatable bonds is 1. The van der Waals surface area contributed by atoms with E-state index in [1.165, 1.54) is 0 Å². The van der Waals surface area contributed by atoms with Crippen LogP contribution in [0.15, 0.2) is 10.7 Å². The third kappa shape index (κ3) is 2.69.